The molecular formula is C20H24N4O+2. The number of aromatic nitrogens is 2. The third-order valence-electron chi connectivity index (χ3n) is 5.09. The Morgan fingerprint density at radius 2 is 1.56 bits per heavy atom. The van der Waals surface area contributed by atoms with Crippen LogP contribution in [0.15, 0.2) is 65.7 Å². The van der Waals surface area contributed by atoms with E-state index < -0.39 is 0 Å². The number of fused-ring (bicyclic) bond motifs is 1. The molecule has 5 nitrogen and oxygen atoms in total. The van der Waals surface area contributed by atoms with E-state index in [1.54, 1.807) is 15.8 Å². The average Bonchev–Trinajstić information content (AvgIpc) is 2.67. The highest BCUT2D eigenvalue weighted by molar-refractivity contribution is 5.76. The first-order chi connectivity index (χ1) is 12.3. The number of quaternary nitrogens is 2. The molecule has 0 bridgehead atoms. The van der Waals surface area contributed by atoms with Crippen molar-refractivity contribution in [2.45, 2.75) is 13.2 Å². The van der Waals surface area contributed by atoms with Crippen LogP contribution in [0.2, 0.25) is 0 Å². The van der Waals surface area contributed by atoms with Crippen LogP contribution in [0.3, 0.4) is 0 Å². The molecule has 128 valence electrons. The summed E-state index contributed by atoms with van der Waals surface area (Å²) in [7, 11) is 0. The molecule has 0 amide bonds. The fourth-order valence-electron chi connectivity index (χ4n) is 3.64. The molecule has 0 spiro atoms. The smallest absolute Gasteiger partial charge is 0.265 e. The lowest BCUT2D eigenvalue weighted by atomic mass is 10.2. The molecule has 0 radical (unpaired) electrons. The molecule has 2 aromatic carbocycles. The van der Waals surface area contributed by atoms with Crippen LogP contribution in [0.4, 0.5) is 0 Å². The first-order valence-corrected chi connectivity index (χ1v) is 8.95. The van der Waals surface area contributed by atoms with Gasteiger partial charge in [0.25, 0.3) is 5.56 Å². The molecular weight excluding hydrogens is 312 g/mol. The minimum absolute atomic E-state index is 0.0668. The van der Waals surface area contributed by atoms with Gasteiger partial charge in [-0.25, -0.2) is 9.55 Å². The molecule has 1 aliphatic heterocycles. The monoisotopic (exact) mass is 336 g/mol. The Balaban J connectivity index is 1.39. The molecule has 1 saturated heterocycles. The van der Waals surface area contributed by atoms with Crippen LogP contribution in [0.1, 0.15) is 5.56 Å². The van der Waals surface area contributed by atoms with Gasteiger partial charge in [0.2, 0.25) is 0 Å². The summed E-state index contributed by atoms with van der Waals surface area (Å²) in [6, 6.07) is 18.2. The maximum absolute atomic E-state index is 12.6. The molecule has 2 N–H and O–H groups in total. The molecule has 5 heteroatoms. The lowest BCUT2D eigenvalue weighted by Crippen LogP contribution is -3.27. The zero-order chi connectivity index (χ0) is 17.1. The van der Waals surface area contributed by atoms with Gasteiger partial charge in [0.1, 0.15) is 39.1 Å². The van der Waals surface area contributed by atoms with E-state index in [-0.39, 0.29) is 5.56 Å². The minimum Gasteiger partial charge on any atom is -0.322 e. The summed E-state index contributed by atoms with van der Waals surface area (Å²) < 4.78 is 1.76. The molecule has 2 heterocycles. The Hall–Kier alpha value is -2.50. The number of nitrogens with zero attached hydrogens (tertiary/aromatic N) is 2. The molecule has 0 saturated carbocycles. The summed E-state index contributed by atoms with van der Waals surface area (Å²) in [4.78, 5) is 20.1. The summed E-state index contributed by atoms with van der Waals surface area (Å²) in [6.07, 6.45) is 1.70. The van der Waals surface area contributed by atoms with E-state index in [0.717, 1.165) is 38.2 Å². The molecule has 1 fully saturated rings. The predicted octanol–water partition coefficient (Wildman–Crippen LogP) is -0.662. The van der Waals surface area contributed by atoms with Crippen molar-refractivity contribution in [1.29, 1.82) is 0 Å². The van der Waals surface area contributed by atoms with Gasteiger partial charge in [-0.1, -0.05) is 42.5 Å². The summed E-state index contributed by atoms with van der Waals surface area (Å²) in [5, 5.41) is 0.706. The first-order valence-electron chi connectivity index (χ1n) is 8.95. The standard InChI is InChI=1S/C20H22N4O/c25-20-18-8-4-5-9-19(18)21-15-24(20)16-23-12-10-22(11-13-23)14-17-6-2-1-3-7-17/h1-9,15H,10-14,16H2/p+2. The maximum atomic E-state index is 12.6. The van der Waals surface area contributed by atoms with Crippen LogP contribution in [0.25, 0.3) is 10.9 Å². The van der Waals surface area contributed by atoms with Crippen molar-refractivity contribution in [3.63, 3.8) is 0 Å². The van der Waals surface area contributed by atoms with Crippen LogP contribution in [-0.2, 0) is 13.2 Å². The van der Waals surface area contributed by atoms with Gasteiger partial charge in [0.15, 0.2) is 6.67 Å². The van der Waals surface area contributed by atoms with Gasteiger partial charge < -0.3 is 9.80 Å². The van der Waals surface area contributed by atoms with Gasteiger partial charge in [0, 0.05) is 5.56 Å². The van der Waals surface area contributed by atoms with E-state index >= 15 is 0 Å². The molecule has 0 atom stereocenters. The van der Waals surface area contributed by atoms with Crippen molar-refractivity contribution < 1.29 is 9.80 Å². The third-order valence-corrected chi connectivity index (χ3v) is 5.09. The van der Waals surface area contributed by atoms with Gasteiger partial charge in [-0.2, -0.15) is 0 Å². The van der Waals surface area contributed by atoms with Crippen LogP contribution in [0, 0.1) is 0 Å². The lowest BCUT2D eigenvalue weighted by molar-refractivity contribution is -1.03. The zero-order valence-corrected chi connectivity index (χ0v) is 14.3. The Morgan fingerprint density at radius 1 is 0.880 bits per heavy atom. The van der Waals surface area contributed by atoms with Crippen molar-refractivity contribution in [3.05, 3.63) is 76.8 Å². The fourth-order valence-corrected chi connectivity index (χ4v) is 3.64. The van der Waals surface area contributed by atoms with Crippen molar-refractivity contribution in [1.82, 2.24) is 9.55 Å². The number of hydrogen-bond donors (Lipinski definition) is 2. The fraction of sp³-hybridized carbons (Fsp3) is 0.300. The van der Waals surface area contributed by atoms with E-state index in [9.17, 15) is 4.79 Å². The second kappa shape index (κ2) is 7.17. The van der Waals surface area contributed by atoms with Crippen molar-refractivity contribution in [3.8, 4) is 0 Å². The molecule has 25 heavy (non-hydrogen) atoms. The molecule has 0 aliphatic carbocycles. The normalized spacial score (nSPS) is 20.6. The molecule has 4 rings (SSSR count). The summed E-state index contributed by atoms with van der Waals surface area (Å²) in [5.41, 5.74) is 2.24. The van der Waals surface area contributed by atoms with Gasteiger partial charge in [0.05, 0.1) is 10.9 Å². The van der Waals surface area contributed by atoms with E-state index in [1.807, 2.05) is 24.3 Å². The molecule has 3 aromatic rings. The van der Waals surface area contributed by atoms with Gasteiger partial charge in [-0.15, -0.1) is 0 Å². The second-order valence-electron chi connectivity index (χ2n) is 6.86. The largest absolute Gasteiger partial charge is 0.322 e. The molecule has 0 unspecified atom stereocenters. The quantitative estimate of drug-likeness (QED) is 0.664. The number of rotatable bonds is 4. The van der Waals surface area contributed by atoms with Crippen molar-refractivity contribution in [2.24, 2.45) is 0 Å². The minimum atomic E-state index is 0.0668. The average molecular weight is 336 g/mol. The van der Waals surface area contributed by atoms with Gasteiger partial charge in [-0.05, 0) is 12.1 Å². The highest BCUT2D eigenvalue weighted by Crippen LogP contribution is 2.03. The SMILES string of the molecule is O=c1c2ccccc2ncn1C[NH+]1CC[NH+](Cc2ccccc2)CC1. The predicted molar refractivity (Wildman–Crippen MR) is 97.5 cm³/mol. The van der Waals surface area contributed by atoms with Crippen LogP contribution in [-0.4, -0.2) is 35.7 Å². The summed E-state index contributed by atoms with van der Waals surface area (Å²) in [5.74, 6) is 0. The Morgan fingerprint density at radius 3 is 2.36 bits per heavy atom. The number of piperazine rings is 1. The highest BCUT2D eigenvalue weighted by Gasteiger charge is 2.23. The maximum Gasteiger partial charge on any atom is 0.265 e. The first kappa shape index (κ1) is 16.0. The van der Waals surface area contributed by atoms with Crippen molar-refractivity contribution in [2.75, 3.05) is 26.2 Å². The van der Waals surface area contributed by atoms with Crippen molar-refractivity contribution >= 4 is 10.9 Å². The van der Waals surface area contributed by atoms with Crippen LogP contribution >= 0.6 is 0 Å². The molecule has 1 aromatic heterocycles. The van der Waals surface area contributed by atoms with E-state index in [4.69, 9.17) is 0 Å². The third kappa shape index (κ3) is 3.62. The Bertz CT molecular complexity index is 898. The van der Waals surface area contributed by atoms with E-state index in [1.165, 1.54) is 10.5 Å². The number of benzene rings is 2. The van der Waals surface area contributed by atoms with Gasteiger partial charge in [-0.3, -0.25) is 4.79 Å². The van der Waals surface area contributed by atoms with E-state index in [2.05, 4.69) is 35.3 Å². The number of hydrogen-bond acceptors (Lipinski definition) is 2. The van der Waals surface area contributed by atoms with Crippen LogP contribution in [0.5, 0.6) is 0 Å². The highest BCUT2D eigenvalue weighted by atomic mass is 16.1. The van der Waals surface area contributed by atoms with Crippen LogP contribution < -0.4 is 15.4 Å². The zero-order valence-electron chi connectivity index (χ0n) is 14.3. The molecule has 1 aliphatic rings. The summed E-state index contributed by atoms with van der Waals surface area (Å²) in [6.45, 7) is 6.24. The van der Waals surface area contributed by atoms with E-state index in [0.29, 0.717) is 12.1 Å². The second-order valence-corrected chi connectivity index (χ2v) is 6.86. The number of para-hydroxylation sites is 1. The van der Waals surface area contributed by atoms with Gasteiger partial charge >= 0.3 is 0 Å². The topological polar surface area (TPSA) is 43.8 Å². The Kier molecular flexibility index (Phi) is 4.59. The number of nitrogens with one attached hydrogen (secondary N) is 2. The lowest BCUT2D eigenvalue weighted by Gasteiger charge is -2.29. The Labute approximate surface area is 147 Å². The summed E-state index contributed by atoms with van der Waals surface area (Å²) >= 11 is 0.